The zero-order chi connectivity index (χ0) is 15.1. The normalized spacial score (nSPS) is 10.7. The second-order valence-corrected chi connectivity index (χ2v) is 5.06. The highest BCUT2D eigenvalue weighted by Crippen LogP contribution is 2.16. The molecule has 0 spiro atoms. The van der Waals surface area contributed by atoms with Crippen LogP contribution >= 0.6 is 0 Å². The first-order valence-corrected chi connectivity index (χ1v) is 7.17. The van der Waals surface area contributed by atoms with Gasteiger partial charge >= 0.3 is 0 Å². The van der Waals surface area contributed by atoms with Crippen LogP contribution in [0.15, 0.2) is 42.6 Å². The van der Waals surface area contributed by atoms with Gasteiger partial charge in [0.15, 0.2) is 0 Å². The molecule has 0 unspecified atom stereocenters. The average Bonchev–Trinajstić information content (AvgIpc) is 2.47. The third-order valence-corrected chi connectivity index (χ3v) is 2.87. The van der Waals surface area contributed by atoms with Crippen molar-refractivity contribution in [3.8, 4) is 5.88 Å². The first kappa shape index (κ1) is 15.3. The van der Waals surface area contributed by atoms with Crippen molar-refractivity contribution in [3.05, 3.63) is 48.2 Å². The van der Waals surface area contributed by atoms with Gasteiger partial charge in [-0.1, -0.05) is 30.3 Å². The third-order valence-electron chi connectivity index (χ3n) is 2.87. The van der Waals surface area contributed by atoms with E-state index < -0.39 is 0 Å². The Bertz CT molecular complexity index is 545. The second kappa shape index (κ2) is 7.59. The number of hydrogen-bond donors (Lipinski definition) is 1. The van der Waals surface area contributed by atoms with E-state index in [1.165, 1.54) is 5.56 Å². The number of nitrogens with zero attached hydrogens (tertiary/aromatic N) is 3. The maximum absolute atomic E-state index is 5.71. The molecule has 0 saturated carbocycles. The maximum atomic E-state index is 5.71. The van der Waals surface area contributed by atoms with Crippen LogP contribution in [0.25, 0.3) is 0 Å². The summed E-state index contributed by atoms with van der Waals surface area (Å²) in [5.41, 5.74) is 6.91. The Morgan fingerprint density at radius 1 is 1.19 bits per heavy atom. The quantitative estimate of drug-likeness (QED) is 0.845. The molecular formula is C16H22N4O. The lowest BCUT2D eigenvalue weighted by atomic mass is 10.2. The first-order valence-electron chi connectivity index (χ1n) is 7.17. The van der Waals surface area contributed by atoms with Crippen LogP contribution in [-0.4, -0.2) is 29.2 Å². The SMILES string of the molecule is CC(C)Oc1ccnc(N(CCN)Cc2ccccc2)n1. The molecule has 21 heavy (non-hydrogen) atoms. The summed E-state index contributed by atoms with van der Waals surface area (Å²) in [5.74, 6) is 1.23. The summed E-state index contributed by atoms with van der Waals surface area (Å²) in [6.07, 6.45) is 1.80. The smallest absolute Gasteiger partial charge is 0.228 e. The molecule has 1 aromatic heterocycles. The molecule has 2 rings (SSSR count). The monoisotopic (exact) mass is 286 g/mol. The Kier molecular flexibility index (Phi) is 5.51. The lowest BCUT2D eigenvalue weighted by molar-refractivity contribution is 0.232. The Labute approximate surface area is 125 Å². The number of rotatable bonds is 7. The number of hydrogen-bond acceptors (Lipinski definition) is 5. The Morgan fingerprint density at radius 2 is 1.95 bits per heavy atom. The minimum atomic E-state index is 0.0878. The Balaban J connectivity index is 2.17. The van der Waals surface area contributed by atoms with Gasteiger partial charge in [-0.05, 0) is 19.4 Å². The summed E-state index contributed by atoms with van der Waals surface area (Å²) in [6, 6.07) is 12.0. The summed E-state index contributed by atoms with van der Waals surface area (Å²) in [6.45, 7) is 5.92. The van der Waals surface area contributed by atoms with Gasteiger partial charge in [0.05, 0.1) is 6.10 Å². The zero-order valence-corrected chi connectivity index (χ0v) is 12.6. The molecule has 0 amide bonds. The third kappa shape index (κ3) is 4.72. The fraction of sp³-hybridized carbons (Fsp3) is 0.375. The summed E-state index contributed by atoms with van der Waals surface area (Å²) in [7, 11) is 0. The Morgan fingerprint density at radius 3 is 2.62 bits per heavy atom. The minimum absolute atomic E-state index is 0.0878. The molecule has 112 valence electrons. The lowest BCUT2D eigenvalue weighted by Crippen LogP contribution is -2.30. The lowest BCUT2D eigenvalue weighted by Gasteiger charge is -2.22. The van der Waals surface area contributed by atoms with E-state index in [0.717, 1.165) is 6.54 Å². The maximum Gasteiger partial charge on any atom is 0.228 e. The second-order valence-electron chi connectivity index (χ2n) is 5.06. The molecule has 0 atom stereocenters. The highest BCUT2D eigenvalue weighted by atomic mass is 16.5. The largest absolute Gasteiger partial charge is 0.475 e. The number of nitrogens with two attached hydrogens (primary N) is 1. The van der Waals surface area contributed by atoms with Gasteiger partial charge in [-0.2, -0.15) is 4.98 Å². The standard InChI is InChI=1S/C16H22N4O/c1-13(2)21-15-8-10-18-16(19-15)20(11-9-17)12-14-6-4-3-5-7-14/h3-8,10,13H,9,11-12,17H2,1-2H3. The molecule has 1 heterocycles. The Hall–Kier alpha value is -2.14. The van der Waals surface area contributed by atoms with Crippen LogP contribution < -0.4 is 15.4 Å². The predicted molar refractivity (Wildman–Crippen MR) is 84.3 cm³/mol. The fourth-order valence-corrected chi connectivity index (χ4v) is 2.00. The van der Waals surface area contributed by atoms with E-state index in [1.54, 1.807) is 12.3 Å². The summed E-state index contributed by atoms with van der Waals surface area (Å²) in [5, 5.41) is 0. The topological polar surface area (TPSA) is 64.3 Å². The van der Waals surface area contributed by atoms with Crippen molar-refractivity contribution in [3.63, 3.8) is 0 Å². The highest BCUT2D eigenvalue weighted by molar-refractivity contribution is 5.34. The molecule has 5 heteroatoms. The van der Waals surface area contributed by atoms with Crippen molar-refractivity contribution in [1.29, 1.82) is 0 Å². The van der Waals surface area contributed by atoms with E-state index >= 15 is 0 Å². The van der Waals surface area contributed by atoms with E-state index in [1.807, 2.05) is 32.0 Å². The van der Waals surface area contributed by atoms with Gasteiger partial charge in [0.25, 0.3) is 0 Å². The molecule has 0 fully saturated rings. The molecule has 1 aromatic carbocycles. The number of benzene rings is 1. The van der Waals surface area contributed by atoms with E-state index in [9.17, 15) is 0 Å². The molecule has 5 nitrogen and oxygen atoms in total. The van der Waals surface area contributed by atoms with Gasteiger partial charge in [0, 0.05) is 31.9 Å². The summed E-state index contributed by atoms with van der Waals surface area (Å²) >= 11 is 0. The predicted octanol–water partition coefficient (Wildman–Crippen LogP) is 2.23. The van der Waals surface area contributed by atoms with Crippen LogP contribution in [0.3, 0.4) is 0 Å². The fourth-order valence-electron chi connectivity index (χ4n) is 2.00. The number of ether oxygens (including phenoxy) is 1. The van der Waals surface area contributed by atoms with Crippen molar-refractivity contribution >= 4 is 5.95 Å². The van der Waals surface area contributed by atoms with Crippen LogP contribution in [0.4, 0.5) is 5.95 Å². The molecule has 0 aliphatic heterocycles. The van der Waals surface area contributed by atoms with Gasteiger partial charge in [-0.25, -0.2) is 4.98 Å². The van der Waals surface area contributed by atoms with Crippen LogP contribution in [0, 0.1) is 0 Å². The first-order chi connectivity index (χ1) is 10.2. The molecule has 0 saturated heterocycles. The van der Waals surface area contributed by atoms with Crippen LogP contribution in [-0.2, 0) is 6.54 Å². The molecule has 0 aliphatic carbocycles. The van der Waals surface area contributed by atoms with Crippen LogP contribution in [0.5, 0.6) is 5.88 Å². The van der Waals surface area contributed by atoms with Crippen molar-refractivity contribution in [2.24, 2.45) is 5.73 Å². The molecular weight excluding hydrogens is 264 g/mol. The van der Waals surface area contributed by atoms with Crippen molar-refractivity contribution in [2.45, 2.75) is 26.5 Å². The van der Waals surface area contributed by atoms with E-state index in [4.69, 9.17) is 10.5 Å². The van der Waals surface area contributed by atoms with Crippen molar-refractivity contribution < 1.29 is 4.74 Å². The van der Waals surface area contributed by atoms with Crippen LogP contribution in [0.2, 0.25) is 0 Å². The number of anilines is 1. The van der Waals surface area contributed by atoms with Gasteiger partial charge in [0.2, 0.25) is 11.8 Å². The minimum Gasteiger partial charge on any atom is -0.475 e. The van der Waals surface area contributed by atoms with Gasteiger partial charge < -0.3 is 15.4 Å². The summed E-state index contributed by atoms with van der Waals surface area (Å²) < 4.78 is 5.62. The van der Waals surface area contributed by atoms with Gasteiger partial charge in [-0.15, -0.1) is 0 Å². The van der Waals surface area contributed by atoms with Gasteiger partial charge in [-0.3, -0.25) is 0 Å². The molecule has 0 bridgehead atoms. The summed E-state index contributed by atoms with van der Waals surface area (Å²) in [4.78, 5) is 10.9. The highest BCUT2D eigenvalue weighted by Gasteiger charge is 2.11. The van der Waals surface area contributed by atoms with E-state index in [-0.39, 0.29) is 6.10 Å². The van der Waals surface area contributed by atoms with Gasteiger partial charge in [0.1, 0.15) is 0 Å². The van der Waals surface area contributed by atoms with E-state index in [0.29, 0.717) is 24.9 Å². The number of aromatic nitrogens is 2. The molecule has 2 aromatic rings. The molecule has 0 aliphatic rings. The molecule has 2 N–H and O–H groups in total. The average molecular weight is 286 g/mol. The van der Waals surface area contributed by atoms with Crippen LogP contribution in [0.1, 0.15) is 19.4 Å². The van der Waals surface area contributed by atoms with Crippen molar-refractivity contribution in [2.75, 3.05) is 18.0 Å². The van der Waals surface area contributed by atoms with E-state index in [2.05, 4.69) is 27.0 Å². The zero-order valence-electron chi connectivity index (χ0n) is 12.6. The molecule has 0 radical (unpaired) electrons. The van der Waals surface area contributed by atoms with Crippen molar-refractivity contribution in [1.82, 2.24) is 9.97 Å².